The zero-order valence-electron chi connectivity index (χ0n) is 9.89. The molecular weight excluding hydrogens is 194 g/mol. The molecule has 0 aliphatic carbocycles. The van der Waals surface area contributed by atoms with Crippen LogP contribution in [0.5, 0.6) is 0 Å². The van der Waals surface area contributed by atoms with Gasteiger partial charge in [-0.15, -0.1) is 0 Å². The Kier molecular flexibility index (Phi) is 6.49. The normalized spacial score (nSPS) is 10.3. The van der Waals surface area contributed by atoms with Gasteiger partial charge in [0.05, 0.1) is 0 Å². The van der Waals surface area contributed by atoms with Crippen LogP contribution in [0.25, 0.3) is 0 Å². The second kappa shape index (κ2) is 7.09. The largest absolute Gasteiger partial charge is 0.354 e. The average molecular weight is 215 g/mol. The van der Waals surface area contributed by atoms with Crippen LogP contribution in [-0.4, -0.2) is 31.1 Å². The van der Waals surface area contributed by atoms with E-state index in [1.165, 1.54) is 0 Å². The Hall–Kier alpha value is -1.26. The van der Waals surface area contributed by atoms with Crippen LogP contribution in [0.1, 0.15) is 27.7 Å². The molecule has 0 rings (SSSR count). The molecule has 0 fully saturated rings. The zero-order valence-corrected chi connectivity index (χ0v) is 9.89. The highest BCUT2D eigenvalue weighted by Crippen LogP contribution is 1.88. The van der Waals surface area contributed by atoms with E-state index in [0.717, 1.165) is 0 Å². The molecule has 88 valence electrons. The monoisotopic (exact) mass is 215 g/mol. The van der Waals surface area contributed by atoms with Gasteiger partial charge in [-0.05, 0) is 13.8 Å². The maximum Gasteiger partial charge on any atom is 0.315 e. The molecule has 0 radical (unpaired) electrons. The Morgan fingerprint density at radius 2 is 1.53 bits per heavy atom. The molecule has 0 aliphatic heterocycles. The van der Waals surface area contributed by atoms with Crippen LogP contribution in [0.2, 0.25) is 0 Å². The van der Waals surface area contributed by atoms with Crippen molar-refractivity contribution in [2.24, 2.45) is 5.92 Å². The molecule has 0 aromatic rings. The fourth-order valence-corrected chi connectivity index (χ4v) is 0.879. The van der Waals surface area contributed by atoms with E-state index in [1.54, 1.807) is 0 Å². The Morgan fingerprint density at radius 1 is 1.00 bits per heavy atom. The number of nitrogens with one attached hydrogen (secondary N) is 3. The summed E-state index contributed by atoms with van der Waals surface area (Å²) in [5.74, 6) is -0.0180. The molecule has 0 heterocycles. The fraction of sp³-hybridized carbons (Fsp3) is 0.800. The smallest absolute Gasteiger partial charge is 0.315 e. The summed E-state index contributed by atoms with van der Waals surface area (Å²) in [6.07, 6.45) is 0. The van der Waals surface area contributed by atoms with Crippen LogP contribution >= 0.6 is 0 Å². The highest BCUT2D eigenvalue weighted by Gasteiger charge is 2.05. The zero-order chi connectivity index (χ0) is 11.8. The molecule has 0 aliphatic rings. The summed E-state index contributed by atoms with van der Waals surface area (Å²) in [7, 11) is 0. The first kappa shape index (κ1) is 13.7. The predicted octanol–water partition coefficient (Wildman–Crippen LogP) is 0.466. The first-order chi connectivity index (χ1) is 6.93. The molecule has 0 spiro atoms. The predicted molar refractivity (Wildman–Crippen MR) is 59.5 cm³/mol. The van der Waals surface area contributed by atoms with E-state index in [-0.39, 0.29) is 23.9 Å². The highest BCUT2D eigenvalue weighted by atomic mass is 16.2. The third-order valence-electron chi connectivity index (χ3n) is 1.65. The second-order valence-electron chi connectivity index (χ2n) is 4.00. The lowest BCUT2D eigenvalue weighted by Gasteiger charge is -2.11. The van der Waals surface area contributed by atoms with Crippen molar-refractivity contribution in [2.45, 2.75) is 33.7 Å². The van der Waals surface area contributed by atoms with Gasteiger partial charge in [-0.1, -0.05) is 13.8 Å². The van der Waals surface area contributed by atoms with Crippen LogP contribution in [0.4, 0.5) is 4.79 Å². The van der Waals surface area contributed by atoms with E-state index >= 15 is 0 Å². The van der Waals surface area contributed by atoms with E-state index in [2.05, 4.69) is 16.0 Å². The molecule has 3 amide bonds. The quantitative estimate of drug-likeness (QED) is 0.583. The van der Waals surface area contributed by atoms with Gasteiger partial charge in [0.15, 0.2) is 0 Å². The van der Waals surface area contributed by atoms with Crippen molar-refractivity contribution < 1.29 is 9.59 Å². The molecule has 0 saturated heterocycles. The van der Waals surface area contributed by atoms with Crippen molar-refractivity contribution in [1.29, 1.82) is 0 Å². The summed E-state index contributed by atoms with van der Waals surface area (Å²) in [4.78, 5) is 22.2. The lowest BCUT2D eigenvalue weighted by atomic mass is 10.2. The summed E-state index contributed by atoms with van der Waals surface area (Å²) in [5.41, 5.74) is 0. The van der Waals surface area contributed by atoms with Crippen molar-refractivity contribution in [2.75, 3.05) is 13.1 Å². The summed E-state index contributed by atoms with van der Waals surface area (Å²) in [5, 5.41) is 8.04. The maximum atomic E-state index is 11.1. The van der Waals surface area contributed by atoms with Gasteiger partial charge in [0, 0.05) is 25.0 Å². The molecule has 0 atom stereocenters. The van der Waals surface area contributed by atoms with Crippen molar-refractivity contribution in [3.63, 3.8) is 0 Å². The van der Waals surface area contributed by atoms with E-state index in [9.17, 15) is 9.59 Å². The molecule has 5 heteroatoms. The lowest BCUT2D eigenvalue weighted by molar-refractivity contribution is -0.123. The van der Waals surface area contributed by atoms with Gasteiger partial charge in [0.25, 0.3) is 0 Å². The van der Waals surface area contributed by atoms with Crippen molar-refractivity contribution in [3.8, 4) is 0 Å². The number of carbonyl (C=O) groups is 2. The number of hydrogen-bond acceptors (Lipinski definition) is 2. The van der Waals surface area contributed by atoms with Gasteiger partial charge in [0.2, 0.25) is 5.91 Å². The third kappa shape index (κ3) is 7.78. The Morgan fingerprint density at radius 3 is 2.00 bits per heavy atom. The van der Waals surface area contributed by atoms with Gasteiger partial charge in [-0.2, -0.15) is 0 Å². The minimum absolute atomic E-state index is 0.000989. The van der Waals surface area contributed by atoms with Gasteiger partial charge in [-0.3, -0.25) is 4.79 Å². The Bertz CT molecular complexity index is 215. The summed E-state index contributed by atoms with van der Waals surface area (Å²) < 4.78 is 0. The highest BCUT2D eigenvalue weighted by molar-refractivity contribution is 5.78. The fourth-order valence-electron chi connectivity index (χ4n) is 0.879. The standard InChI is InChI=1S/C10H21N3O2/c1-7(2)9(14)11-5-6-12-10(15)13-8(3)4/h7-8H,5-6H2,1-4H3,(H,11,14)(H2,12,13,15). The topological polar surface area (TPSA) is 70.2 Å². The minimum atomic E-state index is -0.205. The van der Waals surface area contributed by atoms with E-state index < -0.39 is 0 Å². The molecule has 0 saturated carbocycles. The number of rotatable bonds is 5. The molecule has 15 heavy (non-hydrogen) atoms. The Balaban J connectivity index is 3.46. The molecule has 0 aromatic heterocycles. The summed E-state index contributed by atoms with van der Waals surface area (Å²) in [6, 6.07) is -0.0842. The van der Waals surface area contributed by atoms with Gasteiger partial charge in [-0.25, -0.2) is 4.79 Å². The first-order valence-corrected chi connectivity index (χ1v) is 5.25. The van der Waals surface area contributed by atoms with Crippen LogP contribution in [0.3, 0.4) is 0 Å². The van der Waals surface area contributed by atoms with Crippen molar-refractivity contribution in [1.82, 2.24) is 16.0 Å². The first-order valence-electron chi connectivity index (χ1n) is 5.25. The minimum Gasteiger partial charge on any atom is -0.354 e. The van der Waals surface area contributed by atoms with Crippen molar-refractivity contribution in [3.05, 3.63) is 0 Å². The molecule has 5 nitrogen and oxygen atoms in total. The van der Waals surface area contributed by atoms with E-state index in [0.29, 0.717) is 13.1 Å². The number of amides is 3. The third-order valence-corrected chi connectivity index (χ3v) is 1.65. The molecular formula is C10H21N3O2. The molecule has 0 unspecified atom stereocenters. The van der Waals surface area contributed by atoms with Gasteiger partial charge in [0.1, 0.15) is 0 Å². The summed E-state index contributed by atoms with van der Waals surface area (Å²) >= 11 is 0. The summed E-state index contributed by atoms with van der Waals surface area (Å²) in [6.45, 7) is 8.34. The number of urea groups is 1. The van der Waals surface area contributed by atoms with Crippen LogP contribution in [0.15, 0.2) is 0 Å². The lowest BCUT2D eigenvalue weighted by Crippen LogP contribution is -2.43. The molecule has 3 N–H and O–H groups in total. The van der Waals surface area contributed by atoms with Crippen molar-refractivity contribution >= 4 is 11.9 Å². The van der Waals surface area contributed by atoms with E-state index in [4.69, 9.17) is 0 Å². The number of hydrogen-bond donors (Lipinski definition) is 3. The van der Waals surface area contributed by atoms with Gasteiger partial charge < -0.3 is 16.0 Å². The van der Waals surface area contributed by atoms with Gasteiger partial charge >= 0.3 is 6.03 Å². The second-order valence-corrected chi connectivity index (χ2v) is 4.00. The maximum absolute atomic E-state index is 11.1. The molecule has 0 aromatic carbocycles. The van der Waals surface area contributed by atoms with E-state index in [1.807, 2.05) is 27.7 Å². The number of carbonyl (C=O) groups excluding carboxylic acids is 2. The Labute approximate surface area is 91.0 Å². The SMILES string of the molecule is CC(C)NC(=O)NCCNC(=O)C(C)C. The average Bonchev–Trinajstić information content (AvgIpc) is 2.10. The molecule has 0 bridgehead atoms. The van der Waals surface area contributed by atoms with Crippen LogP contribution < -0.4 is 16.0 Å². The van der Waals surface area contributed by atoms with Crippen LogP contribution in [-0.2, 0) is 4.79 Å². The van der Waals surface area contributed by atoms with Crippen LogP contribution in [0, 0.1) is 5.92 Å².